The van der Waals surface area contributed by atoms with Gasteiger partial charge < -0.3 is 0 Å². The molecule has 7 heteroatoms. The molecule has 2 rings (SSSR count). The number of nitrogens with one attached hydrogen (secondary N) is 1. The van der Waals surface area contributed by atoms with Crippen LogP contribution in [0, 0.1) is 6.92 Å². The maximum Gasteiger partial charge on any atom is 0.242 e. The molecule has 21 heavy (non-hydrogen) atoms. The van der Waals surface area contributed by atoms with Gasteiger partial charge in [-0.2, -0.15) is 0 Å². The molecular weight excluding hydrogens is 438 g/mol. The zero-order valence-electron chi connectivity index (χ0n) is 11.6. The van der Waals surface area contributed by atoms with Gasteiger partial charge in [0.2, 0.25) is 10.0 Å². The smallest absolute Gasteiger partial charge is 0.207 e. The molecule has 114 valence electrons. The number of thiophene rings is 1. The Morgan fingerprint density at radius 3 is 2.43 bits per heavy atom. The van der Waals surface area contributed by atoms with E-state index in [1.807, 2.05) is 19.1 Å². The van der Waals surface area contributed by atoms with Crippen LogP contribution in [-0.4, -0.2) is 8.42 Å². The number of halogens is 2. The number of hydrogen-bond donors (Lipinski definition) is 1. The number of aryl methyl sites for hydroxylation is 2. The molecule has 0 aliphatic rings. The van der Waals surface area contributed by atoms with Crippen LogP contribution in [0.25, 0.3) is 0 Å². The first kappa shape index (κ1) is 17.1. The van der Waals surface area contributed by atoms with Crippen LogP contribution in [0.4, 0.5) is 0 Å². The predicted octanol–water partition coefficient (Wildman–Crippen LogP) is 4.62. The van der Waals surface area contributed by atoms with E-state index >= 15 is 0 Å². The van der Waals surface area contributed by atoms with Gasteiger partial charge in [-0.15, -0.1) is 11.3 Å². The van der Waals surface area contributed by atoms with Crippen LogP contribution in [0.5, 0.6) is 0 Å². The fourth-order valence-corrected chi connectivity index (χ4v) is 5.46. The fourth-order valence-electron chi connectivity index (χ4n) is 1.79. The molecule has 0 saturated carbocycles. The molecule has 0 radical (unpaired) electrons. The van der Waals surface area contributed by atoms with Crippen molar-refractivity contribution in [2.45, 2.75) is 31.7 Å². The van der Waals surface area contributed by atoms with Crippen LogP contribution < -0.4 is 4.72 Å². The molecule has 0 aliphatic heterocycles. The van der Waals surface area contributed by atoms with Gasteiger partial charge in [-0.05, 0) is 59.1 Å². The first-order chi connectivity index (χ1) is 9.83. The highest BCUT2D eigenvalue weighted by Gasteiger charge is 2.19. The molecule has 0 spiro atoms. The molecule has 1 aromatic carbocycles. The summed E-state index contributed by atoms with van der Waals surface area (Å²) in [5.41, 5.74) is 0.978. The van der Waals surface area contributed by atoms with Crippen molar-refractivity contribution < 1.29 is 8.42 Å². The molecule has 0 amide bonds. The molecule has 2 aromatic rings. The van der Waals surface area contributed by atoms with Crippen molar-refractivity contribution in [3.05, 3.63) is 48.5 Å². The van der Waals surface area contributed by atoms with Gasteiger partial charge in [0.05, 0.1) is 4.90 Å². The van der Waals surface area contributed by atoms with Gasteiger partial charge in [0, 0.05) is 25.2 Å². The van der Waals surface area contributed by atoms with Gasteiger partial charge in [0.25, 0.3) is 0 Å². The van der Waals surface area contributed by atoms with Crippen molar-refractivity contribution in [2.24, 2.45) is 0 Å². The minimum absolute atomic E-state index is 0.243. The molecule has 1 aromatic heterocycles. The minimum Gasteiger partial charge on any atom is -0.207 e. The minimum atomic E-state index is -3.55. The highest BCUT2D eigenvalue weighted by atomic mass is 79.9. The third-order valence-corrected chi connectivity index (χ3v) is 7.45. The van der Waals surface area contributed by atoms with Crippen molar-refractivity contribution in [1.82, 2.24) is 4.72 Å². The van der Waals surface area contributed by atoms with Gasteiger partial charge in [-0.1, -0.05) is 22.9 Å². The largest absolute Gasteiger partial charge is 0.242 e. The predicted molar refractivity (Wildman–Crippen MR) is 94.3 cm³/mol. The molecule has 3 nitrogen and oxygen atoms in total. The van der Waals surface area contributed by atoms with Crippen LogP contribution in [0.1, 0.15) is 22.2 Å². The van der Waals surface area contributed by atoms with Crippen molar-refractivity contribution in [3.63, 3.8) is 0 Å². The van der Waals surface area contributed by atoms with E-state index in [4.69, 9.17) is 0 Å². The lowest BCUT2D eigenvalue weighted by atomic mass is 10.2. The summed E-state index contributed by atoms with van der Waals surface area (Å²) in [5, 5.41) is 0. The monoisotopic (exact) mass is 451 g/mol. The second-order valence-corrected chi connectivity index (χ2v) is 9.27. The molecule has 0 unspecified atom stereocenters. The lowest BCUT2D eigenvalue weighted by Crippen LogP contribution is -2.23. The Bertz CT molecular complexity index is 754. The highest BCUT2D eigenvalue weighted by molar-refractivity contribution is 9.11. The summed E-state index contributed by atoms with van der Waals surface area (Å²) in [6, 6.07) is 7.41. The maximum atomic E-state index is 12.4. The van der Waals surface area contributed by atoms with E-state index in [2.05, 4.69) is 43.5 Å². The van der Waals surface area contributed by atoms with Crippen molar-refractivity contribution in [2.75, 3.05) is 0 Å². The van der Waals surface area contributed by atoms with Gasteiger partial charge in [-0.3, -0.25) is 0 Å². The molecule has 0 fully saturated rings. The van der Waals surface area contributed by atoms with Crippen LogP contribution >= 0.6 is 43.2 Å². The Morgan fingerprint density at radius 2 is 1.81 bits per heavy atom. The van der Waals surface area contributed by atoms with Crippen LogP contribution in [0.15, 0.2) is 38.1 Å². The number of sulfonamides is 1. The summed E-state index contributed by atoms with van der Waals surface area (Å²) >= 11 is 8.32. The van der Waals surface area contributed by atoms with Crippen molar-refractivity contribution >= 4 is 53.2 Å². The Balaban J connectivity index is 2.20. The Morgan fingerprint density at radius 1 is 1.14 bits per heavy atom. The van der Waals surface area contributed by atoms with E-state index in [9.17, 15) is 8.42 Å². The molecule has 0 aliphatic carbocycles. The van der Waals surface area contributed by atoms with E-state index in [1.54, 1.807) is 23.5 Å². The quantitative estimate of drug-likeness (QED) is 0.719. The third kappa shape index (κ3) is 4.16. The average Bonchev–Trinajstić information content (AvgIpc) is 2.88. The van der Waals surface area contributed by atoms with Gasteiger partial charge in [0.1, 0.15) is 0 Å². The molecule has 1 heterocycles. The van der Waals surface area contributed by atoms with E-state index in [0.29, 0.717) is 11.0 Å². The number of benzene rings is 1. The van der Waals surface area contributed by atoms with E-state index in [0.717, 1.165) is 21.3 Å². The van der Waals surface area contributed by atoms with Gasteiger partial charge >= 0.3 is 0 Å². The third-order valence-electron chi connectivity index (χ3n) is 3.00. The summed E-state index contributed by atoms with van der Waals surface area (Å²) in [7, 11) is -3.55. The zero-order chi connectivity index (χ0) is 15.6. The summed E-state index contributed by atoms with van der Waals surface area (Å²) in [6.45, 7) is 4.31. The maximum absolute atomic E-state index is 12.4. The number of hydrogen-bond acceptors (Lipinski definition) is 3. The molecule has 0 bridgehead atoms. The molecule has 0 atom stereocenters. The summed E-state index contributed by atoms with van der Waals surface area (Å²) in [5.74, 6) is 0. The van der Waals surface area contributed by atoms with Gasteiger partial charge in [-0.25, -0.2) is 13.1 Å². The topological polar surface area (TPSA) is 46.2 Å². The fraction of sp³-hybridized carbons (Fsp3) is 0.286. The van der Waals surface area contributed by atoms with E-state index < -0.39 is 10.0 Å². The van der Waals surface area contributed by atoms with Crippen molar-refractivity contribution in [3.8, 4) is 0 Å². The summed E-state index contributed by atoms with van der Waals surface area (Å²) < 4.78 is 28.8. The van der Waals surface area contributed by atoms with Crippen LogP contribution in [-0.2, 0) is 23.0 Å². The lowest BCUT2D eigenvalue weighted by Gasteiger charge is -2.10. The van der Waals surface area contributed by atoms with E-state index in [1.165, 1.54) is 4.88 Å². The second-order valence-electron chi connectivity index (χ2n) is 4.58. The standard InChI is InChI=1S/C14H15Br2NO2S2/c1-3-10-4-5-11(20-10)8-17-21(18,19)14-7-12(15)9(2)6-13(14)16/h4-7,17H,3,8H2,1-2H3. The Hall–Kier alpha value is -0.210. The number of rotatable bonds is 5. The SMILES string of the molecule is CCc1ccc(CNS(=O)(=O)c2cc(Br)c(C)cc2Br)s1. The van der Waals surface area contributed by atoms with Crippen molar-refractivity contribution in [1.29, 1.82) is 0 Å². The summed E-state index contributed by atoms with van der Waals surface area (Å²) in [4.78, 5) is 2.51. The zero-order valence-corrected chi connectivity index (χ0v) is 16.4. The van der Waals surface area contributed by atoms with Crippen LogP contribution in [0.3, 0.4) is 0 Å². The Kier molecular flexibility index (Phi) is 5.65. The van der Waals surface area contributed by atoms with Gasteiger partial charge in [0.15, 0.2) is 0 Å². The molecular formula is C14H15Br2NO2S2. The molecule has 1 N–H and O–H groups in total. The molecule has 0 saturated heterocycles. The Labute approximate surface area is 146 Å². The highest BCUT2D eigenvalue weighted by Crippen LogP contribution is 2.29. The normalized spacial score (nSPS) is 11.8. The summed E-state index contributed by atoms with van der Waals surface area (Å²) in [6.07, 6.45) is 0.966. The second kappa shape index (κ2) is 6.91. The first-order valence-electron chi connectivity index (χ1n) is 6.36. The lowest BCUT2D eigenvalue weighted by molar-refractivity contribution is 0.581. The van der Waals surface area contributed by atoms with Crippen LogP contribution in [0.2, 0.25) is 0 Å². The van der Waals surface area contributed by atoms with E-state index in [-0.39, 0.29) is 4.90 Å². The average molecular weight is 453 g/mol. The first-order valence-corrected chi connectivity index (χ1v) is 10.2.